The predicted molar refractivity (Wildman–Crippen MR) is 78.3 cm³/mol. The Balaban J connectivity index is 1.79. The number of hydrogen-bond donors (Lipinski definition) is 2. The molecule has 126 valence electrons. The summed E-state index contributed by atoms with van der Waals surface area (Å²) in [6.07, 6.45) is 2.74. The number of carboxylic acids is 1. The fraction of sp³-hybridized carbons (Fsp3) is 0.500. The largest absolute Gasteiger partial charge is 0.481 e. The summed E-state index contributed by atoms with van der Waals surface area (Å²) in [6.45, 7) is -2.86. The number of nitrogens with one attached hydrogen (secondary N) is 1. The third kappa shape index (κ3) is 5.19. The van der Waals surface area contributed by atoms with Crippen LogP contribution in [0.2, 0.25) is 0 Å². The van der Waals surface area contributed by atoms with Gasteiger partial charge >= 0.3 is 12.6 Å². The number of amides is 1. The van der Waals surface area contributed by atoms with Crippen LogP contribution in [0, 0.1) is 5.92 Å². The van der Waals surface area contributed by atoms with Gasteiger partial charge in [0, 0.05) is 12.5 Å². The molecule has 1 fully saturated rings. The average molecular weight is 327 g/mol. The summed E-state index contributed by atoms with van der Waals surface area (Å²) >= 11 is 0. The highest BCUT2D eigenvalue weighted by atomic mass is 19.3. The molecule has 0 aromatic heterocycles. The lowest BCUT2D eigenvalue weighted by Crippen LogP contribution is -2.40. The van der Waals surface area contributed by atoms with Crippen molar-refractivity contribution in [2.45, 2.75) is 44.8 Å². The van der Waals surface area contributed by atoms with Crippen molar-refractivity contribution in [3.8, 4) is 5.75 Å². The molecule has 0 heterocycles. The van der Waals surface area contributed by atoms with E-state index in [0.29, 0.717) is 19.3 Å². The minimum Gasteiger partial charge on any atom is -0.481 e. The van der Waals surface area contributed by atoms with Crippen LogP contribution in [0.3, 0.4) is 0 Å². The van der Waals surface area contributed by atoms with Gasteiger partial charge < -0.3 is 15.2 Å². The maximum Gasteiger partial charge on any atom is 0.387 e. The van der Waals surface area contributed by atoms with E-state index in [9.17, 15) is 18.4 Å². The van der Waals surface area contributed by atoms with Crippen molar-refractivity contribution in [1.82, 2.24) is 5.32 Å². The number of carbonyl (C=O) groups is 2. The van der Waals surface area contributed by atoms with Gasteiger partial charge in [0.15, 0.2) is 0 Å². The van der Waals surface area contributed by atoms with Crippen molar-refractivity contribution in [2.75, 3.05) is 0 Å². The second-order valence-corrected chi connectivity index (χ2v) is 5.57. The average Bonchev–Trinajstić information content (AvgIpc) is 2.94. The zero-order valence-corrected chi connectivity index (χ0v) is 12.5. The third-order valence-electron chi connectivity index (χ3n) is 3.97. The van der Waals surface area contributed by atoms with Gasteiger partial charge in [0.25, 0.3) is 0 Å². The summed E-state index contributed by atoms with van der Waals surface area (Å²) in [7, 11) is 0. The number of carboxylic acid groups (broad SMARTS) is 1. The van der Waals surface area contributed by atoms with Crippen molar-refractivity contribution in [1.29, 1.82) is 0 Å². The molecular formula is C16H19F2NO4. The van der Waals surface area contributed by atoms with Crippen LogP contribution in [0.15, 0.2) is 24.3 Å². The van der Waals surface area contributed by atoms with E-state index >= 15 is 0 Å². The molecule has 0 bridgehead atoms. The number of halogens is 2. The van der Waals surface area contributed by atoms with E-state index in [1.54, 1.807) is 12.1 Å². The SMILES string of the molecule is O=C(CCc1ccc(OC(F)F)cc1)NC1CCCC1C(=O)O. The van der Waals surface area contributed by atoms with Crippen molar-refractivity contribution < 1.29 is 28.2 Å². The van der Waals surface area contributed by atoms with Gasteiger partial charge in [-0.05, 0) is 37.0 Å². The van der Waals surface area contributed by atoms with Gasteiger partial charge in [0.2, 0.25) is 5.91 Å². The molecule has 7 heteroatoms. The Bertz CT molecular complexity index is 548. The lowest BCUT2D eigenvalue weighted by Gasteiger charge is -2.17. The lowest BCUT2D eigenvalue weighted by atomic mass is 10.0. The van der Waals surface area contributed by atoms with Gasteiger partial charge in [-0.3, -0.25) is 9.59 Å². The topological polar surface area (TPSA) is 75.6 Å². The molecule has 1 aliphatic carbocycles. The van der Waals surface area contributed by atoms with Gasteiger partial charge in [0.1, 0.15) is 5.75 Å². The molecule has 0 aliphatic heterocycles. The highest BCUT2D eigenvalue weighted by Gasteiger charge is 2.33. The van der Waals surface area contributed by atoms with Crippen LogP contribution in [-0.2, 0) is 16.0 Å². The highest BCUT2D eigenvalue weighted by Crippen LogP contribution is 2.26. The normalized spacial score (nSPS) is 20.5. The van der Waals surface area contributed by atoms with E-state index in [1.807, 2.05) is 0 Å². The number of aryl methyl sites for hydroxylation is 1. The first-order chi connectivity index (χ1) is 11.0. The Kier molecular flexibility index (Phi) is 5.90. The van der Waals surface area contributed by atoms with E-state index in [-0.39, 0.29) is 24.1 Å². The Labute approximate surface area is 132 Å². The minimum absolute atomic E-state index is 0.0726. The zero-order valence-electron chi connectivity index (χ0n) is 12.5. The number of benzene rings is 1. The molecule has 1 aromatic rings. The van der Waals surface area contributed by atoms with E-state index in [1.165, 1.54) is 12.1 Å². The van der Waals surface area contributed by atoms with Crippen molar-refractivity contribution in [2.24, 2.45) is 5.92 Å². The number of ether oxygens (including phenoxy) is 1. The molecule has 0 saturated heterocycles. The summed E-state index contributed by atoms with van der Waals surface area (Å²) in [6, 6.07) is 5.80. The molecule has 1 saturated carbocycles. The van der Waals surface area contributed by atoms with Crippen LogP contribution in [0.4, 0.5) is 8.78 Å². The zero-order chi connectivity index (χ0) is 16.8. The number of carbonyl (C=O) groups excluding carboxylic acids is 1. The molecule has 5 nitrogen and oxygen atoms in total. The molecule has 2 N–H and O–H groups in total. The first kappa shape index (κ1) is 17.2. The standard InChI is InChI=1S/C16H19F2NO4/c17-16(18)23-11-7-4-10(5-8-11)6-9-14(20)19-13-3-1-2-12(13)15(21)22/h4-5,7-8,12-13,16H,1-3,6,9H2,(H,19,20)(H,21,22). The molecular weight excluding hydrogens is 308 g/mol. The van der Waals surface area contributed by atoms with Gasteiger partial charge in [-0.2, -0.15) is 8.78 Å². The molecule has 2 atom stereocenters. The summed E-state index contributed by atoms with van der Waals surface area (Å²) in [4.78, 5) is 23.0. The Hall–Kier alpha value is -2.18. The number of rotatable bonds is 7. The maximum atomic E-state index is 12.0. The van der Waals surface area contributed by atoms with E-state index in [0.717, 1.165) is 12.0 Å². The van der Waals surface area contributed by atoms with E-state index in [2.05, 4.69) is 10.1 Å². The van der Waals surface area contributed by atoms with E-state index < -0.39 is 18.5 Å². The van der Waals surface area contributed by atoms with Crippen LogP contribution in [0.5, 0.6) is 5.75 Å². The lowest BCUT2D eigenvalue weighted by molar-refractivity contribution is -0.142. The fourth-order valence-corrected chi connectivity index (χ4v) is 2.80. The van der Waals surface area contributed by atoms with Crippen molar-refractivity contribution >= 4 is 11.9 Å². The highest BCUT2D eigenvalue weighted by molar-refractivity contribution is 5.78. The van der Waals surface area contributed by atoms with Crippen molar-refractivity contribution in [3.63, 3.8) is 0 Å². The van der Waals surface area contributed by atoms with Crippen LogP contribution < -0.4 is 10.1 Å². The molecule has 2 unspecified atom stereocenters. The quantitative estimate of drug-likeness (QED) is 0.807. The summed E-state index contributed by atoms with van der Waals surface area (Å²) in [5.74, 6) is -1.51. The van der Waals surface area contributed by atoms with Crippen LogP contribution in [0.1, 0.15) is 31.2 Å². The number of alkyl halides is 2. The number of aliphatic carboxylic acids is 1. The molecule has 0 radical (unpaired) electrons. The Morgan fingerprint density at radius 3 is 2.57 bits per heavy atom. The predicted octanol–water partition coefficient (Wildman–Crippen LogP) is 2.59. The molecule has 23 heavy (non-hydrogen) atoms. The van der Waals surface area contributed by atoms with Crippen molar-refractivity contribution in [3.05, 3.63) is 29.8 Å². The molecule has 2 rings (SSSR count). The monoisotopic (exact) mass is 327 g/mol. The second-order valence-electron chi connectivity index (χ2n) is 5.57. The van der Waals surface area contributed by atoms with Gasteiger partial charge in [-0.1, -0.05) is 18.6 Å². The minimum atomic E-state index is -2.86. The molecule has 0 spiro atoms. The summed E-state index contributed by atoms with van der Waals surface area (Å²) < 4.78 is 28.3. The smallest absolute Gasteiger partial charge is 0.387 e. The summed E-state index contributed by atoms with van der Waals surface area (Å²) in [5, 5.41) is 11.9. The van der Waals surface area contributed by atoms with Gasteiger partial charge in [0.05, 0.1) is 5.92 Å². The first-order valence-corrected chi connectivity index (χ1v) is 7.51. The van der Waals surface area contributed by atoms with Crippen LogP contribution in [0.25, 0.3) is 0 Å². The van der Waals surface area contributed by atoms with E-state index in [4.69, 9.17) is 5.11 Å². The number of hydrogen-bond acceptors (Lipinski definition) is 3. The molecule has 1 amide bonds. The molecule has 1 aromatic carbocycles. The molecule has 1 aliphatic rings. The van der Waals surface area contributed by atoms with Gasteiger partial charge in [-0.25, -0.2) is 0 Å². The summed E-state index contributed by atoms with van der Waals surface area (Å²) in [5.41, 5.74) is 0.822. The second kappa shape index (κ2) is 7.89. The fourth-order valence-electron chi connectivity index (χ4n) is 2.80. The van der Waals surface area contributed by atoms with Crippen LogP contribution >= 0.6 is 0 Å². The third-order valence-corrected chi connectivity index (χ3v) is 3.97. The first-order valence-electron chi connectivity index (χ1n) is 7.51. The Morgan fingerprint density at radius 1 is 1.26 bits per heavy atom. The van der Waals surface area contributed by atoms with Gasteiger partial charge in [-0.15, -0.1) is 0 Å². The Morgan fingerprint density at radius 2 is 1.96 bits per heavy atom. The maximum absolute atomic E-state index is 12.0. The van der Waals surface area contributed by atoms with Crippen LogP contribution in [-0.4, -0.2) is 29.6 Å².